The number of hydrogen-bond donors (Lipinski definition) is 2. The van der Waals surface area contributed by atoms with Gasteiger partial charge in [-0.25, -0.2) is 0 Å². The first-order valence-corrected chi connectivity index (χ1v) is 9.89. The van der Waals surface area contributed by atoms with Crippen LogP contribution in [0.5, 0.6) is 0 Å². The number of anilines is 2. The van der Waals surface area contributed by atoms with Gasteiger partial charge in [0.25, 0.3) is 0 Å². The van der Waals surface area contributed by atoms with Crippen LogP contribution in [-0.4, -0.2) is 74.2 Å². The molecule has 1 aromatic rings. The van der Waals surface area contributed by atoms with Gasteiger partial charge in [0, 0.05) is 50.0 Å². The van der Waals surface area contributed by atoms with E-state index in [-0.39, 0.29) is 18.4 Å². The van der Waals surface area contributed by atoms with Gasteiger partial charge in [-0.3, -0.25) is 14.5 Å². The van der Waals surface area contributed by atoms with Gasteiger partial charge in [0.2, 0.25) is 5.91 Å². The second-order valence-corrected chi connectivity index (χ2v) is 7.28. The molecule has 1 amide bonds. The molecule has 0 saturated carbocycles. The minimum Gasteiger partial charge on any atom is -0.480 e. The van der Waals surface area contributed by atoms with Crippen molar-refractivity contribution in [2.75, 3.05) is 62.2 Å². The molecule has 0 unspecified atom stereocenters. The first kappa shape index (κ1) is 19.6. The van der Waals surface area contributed by atoms with Crippen LogP contribution in [0.1, 0.15) is 19.8 Å². The van der Waals surface area contributed by atoms with Gasteiger partial charge in [0.15, 0.2) is 0 Å². The number of carbonyl (C=O) groups excluding carboxylic acids is 1. The molecule has 1 aromatic carbocycles. The Balaban J connectivity index is 1.60. The van der Waals surface area contributed by atoms with Crippen LogP contribution >= 0.6 is 0 Å². The third-order valence-electron chi connectivity index (χ3n) is 5.52. The molecular formula is C20H30N4O3. The van der Waals surface area contributed by atoms with Crippen LogP contribution < -0.4 is 15.1 Å². The van der Waals surface area contributed by atoms with E-state index in [9.17, 15) is 9.59 Å². The zero-order valence-electron chi connectivity index (χ0n) is 16.1. The summed E-state index contributed by atoms with van der Waals surface area (Å²) in [7, 11) is 0. The fraction of sp³-hybridized carbons (Fsp3) is 0.600. The molecule has 2 aliphatic rings. The maximum Gasteiger partial charge on any atom is 0.317 e. The molecule has 0 atom stereocenters. The SMILES string of the molecule is CCN(C(=O)C1CCN(CC(=O)O)CC1)c1ccc(N2CCNCC2)cc1. The van der Waals surface area contributed by atoms with Crippen molar-refractivity contribution in [3.05, 3.63) is 24.3 Å². The number of piperidine rings is 1. The van der Waals surface area contributed by atoms with E-state index in [0.717, 1.165) is 44.7 Å². The van der Waals surface area contributed by atoms with Crippen LogP contribution in [0.25, 0.3) is 0 Å². The maximum atomic E-state index is 13.0. The number of amides is 1. The summed E-state index contributed by atoms with van der Waals surface area (Å²) < 4.78 is 0. The molecule has 0 spiro atoms. The lowest BCUT2D eigenvalue weighted by Crippen LogP contribution is -2.44. The highest BCUT2D eigenvalue weighted by Crippen LogP contribution is 2.25. The summed E-state index contributed by atoms with van der Waals surface area (Å²) in [6.45, 7) is 8.05. The van der Waals surface area contributed by atoms with E-state index in [1.807, 2.05) is 28.9 Å². The molecule has 0 bridgehead atoms. The zero-order valence-corrected chi connectivity index (χ0v) is 16.1. The molecule has 0 aliphatic carbocycles. The standard InChI is InChI=1S/C20H30N4O3/c1-2-24(20(27)16-7-11-22(12-8-16)15-19(25)26)18-5-3-17(4-6-18)23-13-9-21-10-14-23/h3-6,16,21H,2,7-15H2,1H3,(H,25,26). The highest BCUT2D eigenvalue weighted by molar-refractivity contribution is 5.95. The third-order valence-corrected chi connectivity index (χ3v) is 5.52. The van der Waals surface area contributed by atoms with Gasteiger partial charge in [0.1, 0.15) is 0 Å². The van der Waals surface area contributed by atoms with E-state index in [4.69, 9.17) is 5.11 Å². The summed E-state index contributed by atoms with van der Waals surface area (Å²) in [5.74, 6) is -0.676. The van der Waals surface area contributed by atoms with Gasteiger partial charge < -0.3 is 20.2 Å². The molecule has 2 N–H and O–H groups in total. The second kappa shape index (κ2) is 9.19. The molecule has 2 saturated heterocycles. The molecule has 0 radical (unpaired) electrons. The predicted octanol–water partition coefficient (Wildman–Crippen LogP) is 1.25. The predicted molar refractivity (Wildman–Crippen MR) is 106 cm³/mol. The Kier molecular flexibility index (Phi) is 6.68. The largest absolute Gasteiger partial charge is 0.480 e. The topological polar surface area (TPSA) is 76.1 Å². The molecule has 3 rings (SSSR count). The van der Waals surface area contributed by atoms with E-state index in [1.54, 1.807) is 0 Å². The van der Waals surface area contributed by atoms with Crippen molar-refractivity contribution in [2.45, 2.75) is 19.8 Å². The number of carboxylic acids is 1. The highest BCUT2D eigenvalue weighted by atomic mass is 16.4. The van der Waals surface area contributed by atoms with Gasteiger partial charge in [-0.15, -0.1) is 0 Å². The summed E-state index contributed by atoms with van der Waals surface area (Å²) in [4.78, 5) is 30.0. The zero-order chi connectivity index (χ0) is 19.2. The average molecular weight is 374 g/mol. The van der Waals surface area contributed by atoms with Gasteiger partial charge >= 0.3 is 5.97 Å². The number of likely N-dealkylation sites (tertiary alicyclic amines) is 1. The first-order chi connectivity index (χ1) is 13.1. The number of nitrogens with zero attached hydrogens (tertiary/aromatic N) is 3. The van der Waals surface area contributed by atoms with Gasteiger partial charge in [-0.1, -0.05) is 0 Å². The van der Waals surface area contributed by atoms with Crippen molar-refractivity contribution in [3.8, 4) is 0 Å². The number of aliphatic carboxylic acids is 1. The number of carboxylic acid groups (broad SMARTS) is 1. The Labute approximate surface area is 160 Å². The minimum atomic E-state index is -0.806. The number of hydrogen-bond acceptors (Lipinski definition) is 5. The van der Waals surface area contributed by atoms with E-state index >= 15 is 0 Å². The maximum absolute atomic E-state index is 13.0. The van der Waals surface area contributed by atoms with E-state index < -0.39 is 5.97 Å². The average Bonchev–Trinajstić information content (AvgIpc) is 2.70. The second-order valence-electron chi connectivity index (χ2n) is 7.28. The number of piperazine rings is 1. The van der Waals surface area contributed by atoms with Crippen molar-refractivity contribution in [3.63, 3.8) is 0 Å². The number of carbonyl (C=O) groups is 2. The smallest absolute Gasteiger partial charge is 0.317 e. The van der Waals surface area contributed by atoms with E-state index in [0.29, 0.717) is 19.6 Å². The van der Waals surface area contributed by atoms with Crippen LogP contribution in [0.15, 0.2) is 24.3 Å². The van der Waals surface area contributed by atoms with Crippen molar-refractivity contribution < 1.29 is 14.7 Å². The minimum absolute atomic E-state index is 0.0251. The van der Waals surface area contributed by atoms with Crippen molar-refractivity contribution >= 4 is 23.3 Å². The third kappa shape index (κ3) is 4.99. The molecule has 27 heavy (non-hydrogen) atoms. The molecule has 7 nitrogen and oxygen atoms in total. The van der Waals surface area contributed by atoms with Crippen LogP contribution in [0.2, 0.25) is 0 Å². The lowest BCUT2D eigenvalue weighted by molar-refractivity contribution is -0.138. The molecule has 2 aliphatic heterocycles. The number of rotatable bonds is 6. The molecule has 2 fully saturated rings. The number of nitrogens with one attached hydrogen (secondary N) is 1. The van der Waals surface area contributed by atoms with Crippen molar-refractivity contribution in [1.29, 1.82) is 0 Å². The molecule has 2 heterocycles. The van der Waals surface area contributed by atoms with Gasteiger partial charge in [0.05, 0.1) is 6.54 Å². The Hall–Kier alpha value is -2.12. The van der Waals surface area contributed by atoms with Crippen LogP contribution in [-0.2, 0) is 9.59 Å². The lowest BCUT2D eigenvalue weighted by Gasteiger charge is -2.33. The Bertz CT molecular complexity index is 635. The Morgan fingerprint density at radius 1 is 1.11 bits per heavy atom. The summed E-state index contributed by atoms with van der Waals surface area (Å²) >= 11 is 0. The summed E-state index contributed by atoms with van der Waals surface area (Å²) in [5.41, 5.74) is 2.14. The van der Waals surface area contributed by atoms with Crippen molar-refractivity contribution in [2.24, 2.45) is 5.92 Å². The van der Waals surface area contributed by atoms with Crippen LogP contribution in [0, 0.1) is 5.92 Å². The summed E-state index contributed by atoms with van der Waals surface area (Å²) in [6.07, 6.45) is 1.45. The molecular weight excluding hydrogens is 344 g/mol. The highest BCUT2D eigenvalue weighted by Gasteiger charge is 2.29. The lowest BCUT2D eigenvalue weighted by atomic mass is 9.95. The first-order valence-electron chi connectivity index (χ1n) is 9.89. The molecule has 7 heteroatoms. The quantitative estimate of drug-likeness (QED) is 0.780. The fourth-order valence-corrected chi connectivity index (χ4v) is 3.98. The number of benzene rings is 1. The van der Waals surface area contributed by atoms with Gasteiger partial charge in [-0.2, -0.15) is 0 Å². The summed E-state index contributed by atoms with van der Waals surface area (Å²) in [5, 5.41) is 12.3. The van der Waals surface area contributed by atoms with E-state index in [1.165, 1.54) is 5.69 Å². The van der Waals surface area contributed by atoms with Crippen LogP contribution in [0.4, 0.5) is 11.4 Å². The summed E-state index contributed by atoms with van der Waals surface area (Å²) in [6, 6.07) is 8.29. The Morgan fingerprint density at radius 3 is 2.30 bits per heavy atom. The van der Waals surface area contributed by atoms with E-state index in [2.05, 4.69) is 22.3 Å². The van der Waals surface area contributed by atoms with Gasteiger partial charge in [-0.05, 0) is 57.1 Å². The van der Waals surface area contributed by atoms with Crippen molar-refractivity contribution in [1.82, 2.24) is 10.2 Å². The molecule has 148 valence electrons. The monoisotopic (exact) mass is 374 g/mol. The molecule has 0 aromatic heterocycles. The van der Waals surface area contributed by atoms with Crippen LogP contribution in [0.3, 0.4) is 0 Å². The Morgan fingerprint density at radius 2 is 1.74 bits per heavy atom. The fourth-order valence-electron chi connectivity index (χ4n) is 3.98. The normalized spacial score (nSPS) is 19.1.